The first-order valence-corrected chi connectivity index (χ1v) is 13.1. The molecule has 6 nitrogen and oxygen atoms in total. The number of benzene rings is 2. The van der Waals surface area contributed by atoms with Crippen molar-refractivity contribution in [2.75, 3.05) is 12.0 Å². The molecule has 2 aromatic carbocycles. The van der Waals surface area contributed by atoms with Gasteiger partial charge in [0.05, 0.1) is 17.1 Å². The monoisotopic (exact) mass is 464 g/mol. The molecule has 2 N–H and O–H groups in total. The molecular weight excluding hydrogens is 432 g/mol. The predicted molar refractivity (Wildman–Crippen MR) is 134 cm³/mol. The Morgan fingerprint density at radius 3 is 2.55 bits per heavy atom. The predicted octanol–water partition coefficient (Wildman–Crippen LogP) is 4.71. The van der Waals surface area contributed by atoms with Crippen molar-refractivity contribution in [1.82, 2.24) is 20.2 Å². The van der Waals surface area contributed by atoms with Crippen LogP contribution in [0, 0.1) is 0 Å². The molecule has 0 spiro atoms. The van der Waals surface area contributed by atoms with Crippen molar-refractivity contribution in [3.8, 4) is 0 Å². The van der Waals surface area contributed by atoms with Gasteiger partial charge in [0.1, 0.15) is 12.4 Å². The lowest BCUT2D eigenvalue weighted by atomic mass is 9.95. The average molecular weight is 465 g/mol. The molecule has 1 saturated carbocycles. The molecule has 1 heterocycles. The lowest BCUT2D eigenvalue weighted by molar-refractivity contribution is -0.122. The number of carbonyl (C=O) groups excluding carboxylic acids is 2. The molecule has 0 aliphatic heterocycles. The van der Waals surface area contributed by atoms with E-state index in [1.54, 1.807) is 11.8 Å². The number of para-hydroxylation sites is 2. The molecule has 1 aromatic heterocycles. The van der Waals surface area contributed by atoms with Crippen LogP contribution in [0.25, 0.3) is 11.0 Å². The van der Waals surface area contributed by atoms with Crippen LogP contribution < -0.4 is 10.6 Å². The first-order chi connectivity index (χ1) is 16.2. The second-order valence-corrected chi connectivity index (χ2v) is 9.61. The standard InChI is InChI=1S/C26H32N4O2S/c1-33-17-16-22(29-26(32)19-10-4-2-5-11-19)25-28-21-14-8-9-15-23(21)30(25)18-24(31)27-20-12-6-3-7-13-20/h2,4-5,8-11,14-15,20,22H,3,6-7,12-13,16-18H2,1H3,(H,27,31)(H,29,32)/t22-/m0/s1. The highest BCUT2D eigenvalue weighted by Crippen LogP contribution is 2.25. The van der Waals surface area contributed by atoms with E-state index in [2.05, 4.69) is 16.9 Å². The fourth-order valence-electron chi connectivity index (χ4n) is 4.52. The van der Waals surface area contributed by atoms with Gasteiger partial charge in [-0.3, -0.25) is 9.59 Å². The number of hydrogen-bond acceptors (Lipinski definition) is 4. The molecule has 1 atom stereocenters. The van der Waals surface area contributed by atoms with E-state index in [-0.39, 0.29) is 30.4 Å². The van der Waals surface area contributed by atoms with E-state index in [1.807, 2.05) is 59.2 Å². The highest BCUT2D eigenvalue weighted by molar-refractivity contribution is 7.98. The Labute approximate surface area is 199 Å². The summed E-state index contributed by atoms with van der Waals surface area (Å²) in [6.45, 7) is 0.198. The average Bonchev–Trinajstić information content (AvgIpc) is 3.21. The van der Waals surface area contributed by atoms with Crippen LogP contribution in [0.4, 0.5) is 0 Å². The van der Waals surface area contributed by atoms with Crippen LogP contribution in [0.15, 0.2) is 54.6 Å². The zero-order valence-corrected chi connectivity index (χ0v) is 19.9. The molecule has 0 radical (unpaired) electrons. The number of rotatable bonds is 9. The molecule has 0 unspecified atom stereocenters. The highest BCUT2D eigenvalue weighted by atomic mass is 32.2. The van der Waals surface area contributed by atoms with E-state index in [9.17, 15) is 9.59 Å². The number of hydrogen-bond donors (Lipinski definition) is 2. The van der Waals surface area contributed by atoms with Gasteiger partial charge in [0.15, 0.2) is 0 Å². The third-order valence-electron chi connectivity index (χ3n) is 6.22. The number of amides is 2. The number of nitrogens with one attached hydrogen (secondary N) is 2. The van der Waals surface area contributed by atoms with Crippen molar-refractivity contribution < 1.29 is 9.59 Å². The number of thioether (sulfide) groups is 1. The summed E-state index contributed by atoms with van der Waals surface area (Å²) in [4.78, 5) is 30.8. The lowest BCUT2D eigenvalue weighted by Gasteiger charge is -2.24. The normalized spacial score (nSPS) is 15.3. The number of aromatic nitrogens is 2. The van der Waals surface area contributed by atoms with Crippen molar-refractivity contribution in [2.24, 2.45) is 0 Å². The van der Waals surface area contributed by atoms with Gasteiger partial charge in [-0.15, -0.1) is 0 Å². The van der Waals surface area contributed by atoms with E-state index >= 15 is 0 Å². The van der Waals surface area contributed by atoms with Crippen LogP contribution >= 0.6 is 11.8 Å². The van der Waals surface area contributed by atoms with Gasteiger partial charge in [-0.05, 0) is 55.5 Å². The van der Waals surface area contributed by atoms with Crippen LogP contribution in [0.2, 0.25) is 0 Å². The van der Waals surface area contributed by atoms with Crippen LogP contribution in [0.3, 0.4) is 0 Å². The zero-order chi connectivity index (χ0) is 23.0. The smallest absolute Gasteiger partial charge is 0.251 e. The van der Waals surface area contributed by atoms with Crippen molar-refractivity contribution in [3.05, 3.63) is 66.0 Å². The fraction of sp³-hybridized carbons (Fsp3) is 0.423. The molecule has 1 aliphatic carbocycles. The molecule has 3 aromatic rings. The summed E-state index contributed by atoms with van der Waals surface area (Å²) in [5.74, 6) is 1.47. The summed E-state index contributed by atoms with van der Waals surface area (Å²) in [6, 6.07) is 17.1. The zero-order valence-electron chi connectivity index (χ0n) is 19.1. The quantitative estimate of drug-likeness (QED) is 0.481. The molecule has 33 heavy (non-hydrogen) atoms. The Kier molecular flexibility index (Phi) is 8.05. The number of carbonyl (C=O) groups is 2. The molecule has 2 amide bonds. The molecule has 0 bridgehead atoms. The largest absolute Gasteiger partial charge is 0.352 e. The van der Waals surface area contributed by atoms with Crippen LogP contribution in [0.1, 0.15) is 60.7 Å². The van der Waals surface area contributed by atoms with Gasteiger partial charge in [-0.2, -0.15) is 11.8 Å². The first-order valence-electron chi connectivity index (χ1n) is 11.7. The third kappa shape index (κ3) is 5.96. The van der Waals surface area contributed by atoms with Gasteiger partial charge in [-0.1, -0.05) is 49.6 Å². The second-order valence-electron chi connectivity index (χ2n) is 8.62. The minimum atomic E-state index is -0.292. The van der Waals surface area contributed by atoms with Gasteiger partial charge in [-0.25, -0.2) is 4.98 Å². The minimum absolute atomic E-state index is 0.00399. The molecular formula is C26H32N4O2S. The highest BCUT2D eigenvalue weighted by Gasteiger charge is 2.24. The molecule has 1 fully saturated rings. The lowest BCUT2D eigenvalue weighted by Crippen LogP contribution is -2.39. The summed E-state index contributed by atoms with van der Waals surface area (Å²) in [6.07, 6.45) is 8.48. The molecule has 4 rings (SSSR count). The number of fused-ring (bicyclic) bond motifs is 1. The van der Waals surface area contributed by atoms with Crippen molar-refractivity contribution in [1.29, 1.82) is 0 Å². The van der Waals surface area contributed by atoms with Gasteiger partial charge in [0.2, 0.25) is 5.91 Å². The fourth-order valence-corrected chi connectivity index (χ4v) is 4.99. The van der Waals surface area contributed by atoms with Crippen molar-refractivity contribution in [3.63, 3.8) is 0 Å². The number of nitrogens with zero attached hydrogens (tertiary/aromatic N) is 2. The maximum atomic E-state index is 13.0. The first kappa shape index (κ1) is 23.4. The van der Waals surface area contributed by atoms with Crippen LogP contribution in [-0.4, -0.2) is 39.4 Å². The molecule has 174 valence electrons. The van der Waals surface area contributed by atoms with Gasteiger partial charge >= 0.3 is 0 Å². The minimum Gasteiger partial charge on any atom is -0.352 e. The van der Waals surface area contributed by atoms with E-state index in [4.69, 9.17) is 4.98 Å². The Hall–Kier alpha value is -2.80. The summed E-state index contributed by atoms with van der Waals surface area (Å²) in [5, 5.41) is 6.39. The summed E-state index contributed by atoms with van der Waals surface area (Å²) < 4.78 is 1.98. The molecule has 7 heteroatoms. The van der Waals surface area contributed by atoms with Crippen LogP contribution in [-0.2, 0) is 11.3 Å². The van der Waals surface area contributed by atoms with E-state index < -0.39 is 0 Å². The van der Waals surface area contributed by atoms with Crippen molar-refractivity contribution >= 4 is 34.6 Å². The Morgan fingerprint density at radius 2 is 1.79 bits per heavy atom. The van der Waals surface area contributed by atoms with E-state index in [0.29, 0.717) is 5.56 Å². The van der Waals surface area contributed by atoms with Crippen molar-refractivity contribution in [2.45, 2.75) is 57.2 Å². The van der Waals surface area contributed by atoms with E-state index in [0.717, 1.165) is 41.9 Å². The SMILES string of the molecule is CSCC[C@H](NC(=O)c1ccccc1)c1nc2ccccc2n1CC(=O)NC1CCCCC1. The number of imidazole rings is 1. The topological polar surface area (TPSA) is 76.0 Å². The Morgan fingerprint density at radius 1 is 1.06 bits per heavy atom. The summed E-state index contributed by atoms with van der Waals surface area (Å²) in [7, 11) is 0. The molecule has 1 aliphatic rings. The molecule has 0 saturated heterocycles. The Balaban J connectivity index is 1.61. The van der Waals surface area contributed by atoms with Crippen LogP contribution in [0.5, 0.6) is 0 Å². The van der Waals surface area contributed by atoms with Gasteiger partial charge in [0, 0.05) is 11.6 Å². The summed E-state index contributed by atoms with van der Waals surface area (Å²) >= 11 is 1.73. The second kappa shape index (κ2) is 11.4. The maximum absolute atomic E-state index is 13.0. The summed E-state index contributed by atoms with van der Waals surface area (Å²) in [5.41, 5.74) is 2.36. The van der Waals surface area contributed by atoms with Gasteiger partial charge in [0.25, 0.3) is 5.91 Å². The maximum Gasteiger partial charge on any atom is 0.251 e. The van der Waals surface area contributed by atoms with Gasteiger partial charge < -0.3 is 15.2 Å². The Bertz CT molecular complexity index is 1080. The van der Waals surface area contributed by atoms with E-state index in [1.165, 1.54) is 19.3 Å². The third-order valence-corrected chi connectivity index (χ3v) is 6.86.